The van der Waals surface area contributed by atoms with Gasteiger partial charge in [-0.05, 0) is 25.0 Å². The molecule has 1 saturated carbocycles. The molecule has 0 aliphatic heterocycles. The summed E-state index contributed by atoms with van der Waals surface area (Å²) < 4.78 is 0. The van der Waals surface area contributed by atoms with E-state index in [1.807, 2.05) is 12.1 Å². The van der Waals surface area contributed by atoms with Crippen LogP contribution in [0, 0.1) is 0 Å². The number of aromatic amines is 1. The van der Waals surface area contributed by atoms with Crippen LogP contribution in [0.2, 0.25) is 0 Å². The second-order valence-electron chi connectivity index (χ2n) is 4.83. The third-order valence-corrected chi connectivity index (χ3v) is 3.49. The first kappa shape index (κ1) is 11.2. The zero-order chi connectivity index (χ0) is 12.4. The Bertz CT molecular complexity index is 528. The van der Waals surface area contributed by atoms with Gasteiger partial charge in [-0.2, -0.15) is 5.10 Å². The van der Waals surface area contributed by atoms with Gasteiger partial charge in [0, 0.05) is 5.92 Å². The fourth-order valence-corrected chi connectivity index (χ4v) is 2.52. The van der Waals surface area contributed by atoms with Crippen molar-refractivity contribution in [1.29, 1.82) is 0 Å². The summed E-state index contributed by atoms with van der Waals surface area (Å²) in [7, 11) is 0. The lowest BCUT2D eigenvalue weighted by Gasteiger charge is -2.18. The number of hydrogen-bond donors (Lipinski definition) is 2. The molecule has 0 saturated heterocycles. The minimum absolute atomic E-state index is 0.497. The number of nitrogens with zero attached hydrogens (tertiary/aromatic N) is 3. The van der Waals surface area contributed by atoms with Gasteiger partial charge in [-0.15, -0.1) is 0 Å². The Morgan fingerprint density at radius 2 is 1.94 bits per heavy atom. The van der Waals surface area contributed by atoms with E-state index in [1.54, 1.807) is 6.07 Å². The lowest BCUT2D eigenvalue weighted by Crippen LogP contribution is -2.06. The molecule has 18 heavy (non-hydrogen) atoms. The first-order valence-electron chi connectivity index (χ1n) is 6.48. The molecule has 0 bridgehead atoms. The summed E-state index contributed by atoms with van der Waals surface area (Å²) >= 11 is 0. The second kappa shape index (κ2) is 4.76. The van der Waals surface area contributed by atoms with E-state index in [4.69, 9.17) is 5.73 Å². The highest BCUT2D eigenvalue weighted by atomic mass is 15.2. The Morgan fingerprint density at radius 3 is 2.72 bits per heavy atom. The molecule has 5 heteroatoms. The zero-order valence-electron chi connectivity index (χ0n) is 10.3. The van der Waals surface area contributed by atoms with Crippen LogP contribution in [0.1, 0.15) is 43.8 Å². The topological polar surface area (TPSA) is 80.5 Å². The van der Waals surface area contributed by atoms with E-state index in [2.05, 4.69) is 20.2 Å². The largest absolute Gasteiger partial charge is 0.384 e. The number of hydrogen-bond acceptors (Lipinski definition) is 4. The molecule has 94 valence electrons. The average Bonchev–Trinajstić information content (AvgIpc) is 2.89. The number of nitrogen functional groups attached to an aromatic ring is 1. The van der Waals surface area contributed by atoms with E-state index in [0.717, 1.165) is 11.5 Å². The molecule has 2 aromatic rings. The molecule has 1 fully saturated rings. The molecule has 0 atom stereocenters. The van der Waals surface area contributed by atoms with E-state index < -0.39 is 0 Å². The van der Waals surface area contributed by atoms with Gasteiger partial charge in [-0.1, -0.05) is 25.3 Å². The number of H-pyrrole nitrogens is 1. The van der Waals surface area contributed by atoms with Crippen molar-refractivity contribution >= 4 is 5.82 Å². The highest BCUT2D eigenvalue weighted by Gasteiger charge is 2.19. The number of aromatic nitrogens is 4. The molecular weight excluding hydrogens is 226 g/mol. The maximum absolute atomic E-state index is 5.67. The van der Waals surface area contributed by atoms with Gasteiger partial charge in [0.1, 0.15) is 17.3 Å². The first-order chi connectivity index (χ1) is 8.83. The lowest BCUT2D eigenvalue weighted by molar-refractivity contribution is 0.429. The van der Waals surface area contributed by atoms with E-state index in [0.29, 0.717) is 17.6 Å². The fourth-order valence-electron chi connectivity index (χ4n) is 2.52. The second-order valence-corrected chi connectivity index (χ2v) is 4.83. The van der Waals surface area contributed by atoms with Crippen LogP contribution in [-0.4, -0.2) is 20.2 Å². The van der Waals surface area contributed by atoms with Crippen LogP contribution >= 0.6 is 0 Å². The fraction of sp³-hybridized carbons (Fsp3) is 0.462. The molecule has 0 radical (unpaired) electrons. The van der Waals surface area contributed by atoms with Crippen molar-refractivity contribution in [2.75, 3.05) is 5.73 Å². The van der Waals surface area contributed by atoms with Crippen LogP contribution in [-0.2, 0) is 0 Å². The number of nitrogens with two attached hydrogens (primary N) is 1. The number of anilines is 1. The van der Waals surface area contributed by atoms with Crippen molar-refractivity contribution in [2.24, 2.45) is 0 Å². The molecular formula is C13H17N5. The van der Waals surface area contributed by atoms with E-state index in [1.165, 1.54) is 32.1 Å². The molecule has 0 aromatic carbocycles. The maximum atomic E-state index is 5.67. The Morgan fingerprint density at radius 1 is 1.11 bits per heavy atom. The summed E-state index contributed by atoms with van der Waals surface area (Å²) in [6.45, 7) is 0. The Hall–Kier alpha value is -1.91. The standard InChI is InChI=1S/C13H17N5/c14-11-8-4-7-10(15-11)13-16-12(17-18-13)9-5-2-1-3-6-9/h4,7-9H,1-3,5-6H2,(H2,14,15)(H,16,17,18). The van der Waals surface area contributed by atoms with Gasteiger partial charge in [0.25, 0.3) is 0 Å². The van der Waals surface area contributed by atoms with Crippen molar-refractivity contribution in [3.63, 3.8) is 0 Å². The van der Waals surface area contributed by atoms with Crippen molar-refractivity contribution in [3.05, 3.63) is 24.0 Å². The SMILES string of the molecule is Nc1cccc(-c2n[nH]c(C3CCCCC3)n2)n1. The predicted octanol–water partition coefficient (Wildman–Crippen LogP) is 2.50. The molecule has 2 heterocycles. The monoisotopic (exact) mass is 243 g/mol. The van der Waals surface area contributed by atoms with Crippen molar-refractivity contribution in [2.45, 2.75) is 38.0 Å². The van der Waals surface area contributed by atoms with Crippen LogP contribution in [0.3, 0.4) is 0 Å². The van der Waals surface area contributed by atoms with Crippen LogP contribution in [0.15, 0.2) is 18.2 Å². The molecule has 1 aliphatic rings. The van der Waals surface area contributed by atoms with Gasteiger partial charge in [0.15, 0.2) is 5.82 Å². The van der Waals surface area contributed by atoms with E-state index in [-0.39, 0.29) is 0 Å². The van der Waals surface area contributed by atoms with Gasteiger partial charge >= 0.3 is 0 Å². The zero-order valence-corrected chi connectivity index (χ0v) is 10.3. The first-order valence-corrected chi connectivity index (χ1v) is 6.48. The van der Waals surface area contributed by atoms with E-state index >= 15 is 0 Å². The molecule has 3 N–H and O–H groups in total. The predicted molar refractivity (Wildman–Crippen MR) is 69.9 cm³/mol. The number of rotatable bonds is 2. The highest BCUT2D eigenvalue weighted by molar-refractivity contribution is 5.51. The van der Waals surface area contributed by atoms with Crippen LogP contribution in [0.4, 0.5) is 5.82 Å². The van der Waals surface area contributed by atoms with Gasteiger partial charge in [-0.3, -0.25) is 5.10 Å². The van der Waals surface area contributed by atoms with Crippen molar-refractivity contribution < 1.29 is 0 Å². The quantitative estimate of drug-likeness (QED) is 0.849. The number of pyridine rings is 1. The molecule has 1 aliphatic carbocycles. The highest BCUT2D eigenvalue weighted by Crippen LogP contribution is 2.31. The van der Waals surface area contributed by atoms with E-state index in [9.17, 15) is 0 Å². The Balaban J connectivity index is 1.84. The summed E-state index contributed by atoms with van der Waals surface area (Å²) in [5.41, 5.74) is 6.40. The van der Waals surface area contributed by atoms with Crippen LogP contribution < -0.4 is 5.73 Å². The van der Waals surface area contributed by atoms with Gasteiger partial charge in [0.2, 0.25) is 0 Å². The number of nitrogens with one attached hydrogen (secondary N) is 1. The van der Waals surface area contributed by atoms with Crippen molar-refractivity contribution in [1.82, 2.24) is 20.2 Å². The van der Waals surface area contributed by atoms with Crippen molar-refractivity contribution in [3.8, 4) is 11.5 Å². The van der Waals surface area contributed by atoms with Crippen LogP contribution in [0.5, 0.6) is 0 Å². The van der Waals surface area contributed by atoms with Gasteiger partial charge in [-0.25, -0.2) is 9.97 Å². The minimum Gasteiger partial charge on any atom is -0.384 e. The maximum Gasteiger partial charge on any atom is 0.199 e. The van der Waals surface area contributed by atoms with Crippen LogP contribution in [0.25, 0.3) is 11.5 Å². The molecule has 0 unspecified atom stereocenters. The summed E-state index contributed by atoms with van der Waals surface area (Å²) in [5.74, 6) is 2.66. The summed E-state index contributed by atoms with van der Waals surface area (Å²) in [5, 5.41) is 7.30. The molecule has 5 nitrogen and oxygen atoms in total. The smallest absolute Gasteiger partial charge is 0.199 e. The third-order valence-electron chi connectivity index (χ3n) is 3.49. The molecule has 0 spiro atoms. The Kier molecular flexibility index (Phi) is 2.96. The summed E-state index contributed by atoms with van der Waals surface area (Å²) in [6, 6.07) is 5.51. The lowest BCUT2D eigenvalue weighted by atomic mass is 9.89. The normalized spacial score (nSPS) is 16.9. The summed E-state index contributed by atoms with van der Waals surface area (Å²) in [6.07, 6.45) is 6.33. The molecule has 3 rings (SSSR count). The van der Waals surface area contributed by atoms with Gasteiger partial charge in [0.05, 0.1) is 0 Å². The summed E-state index contributed by atoms with van der Waals surface area (Å²) in [4.78, 5) is 8.80. The third kappa shape index (κ3) is 2.20. The minimum atomic E-state index is 0.497. The Labute approximate surface area is 106 Å². The molecule has 2 aromatic heterocycles. The molecule has 0 amide bonds. The average molecular weight is 243 g/mol. The van der Waals surface area contributed by atoms with Gasteiger partial charge < -0.3 is 5.73 Å².